The van der Waals surface area contributed by atoms with Gasteiger partial charge in [-0.2, -0.15) is 0 Å². The summed E-state index contributed by atoms with van der Waals surface area (Å²) in [5.74, 6) is -0.455. The Morgan fingerprint density at radius 1 is 1.26 bits per heavy atom. The number of nitrogens with two attached hydrogens (primary N) is 1. The average molecular weight is 284 g/mol. The molecule has 102 valence electrons. The van der Waals surface area contributed by atoms with Gasteiger partial charge in [0.1, 0.15) is 5.82 Å². The Bertz CT molecular complexity index is 571. The van der Waals surface area contributed by atoms with Crippen molar-refractivity contribution in [1.29, 1.82) is 0 Å². The fourth-order valence-electron chi connectivity index (χ4n) is 1.67. The van der Waals surface area contributed by atoms with E-state index in [0.717, 1.165) is 23.6 Å². The molecular formula is C12H14F2N4S. The topological polar surface area (TPSA) is 56.7 Å². The molecule has 0 bridgehead atoms. The van der Waals surface area contributed by atoms with Crippen molar-refractivity contribution < 1.29 is 8.78 Å². The molecule has 0 saturated carbocycles. The minimum absolute atomic E-state index is 0.326. The highest BCUT2D eigenvalue weighted by Gasteiger charge is 2.10. The quantitative estimate of drug-likeness (QED) is 0.856. The summed E-state index contributed by atoms with van der Waals surface area (Å²) in [5, 5.41) is 8.75. The first-order valence-electron chi connectivity index (χ1n) is 5.84. The predicted molar refractivity (Wildman–Crippen MR) is 69.5 cm³/mol. The summed E-state index contributed by atoms with van der Waals surface area (Å²) in [6, 6.07) is 3.88. The van der Waals surface area contributed by atoms with E-state index in [-0.39, 0.29) is 0 Å². The van der Waals surface area contributed by atoms with Crippen molar-refractivity contribution in [3.8, 4) is 0 Å². The molecular weight excluding hydrogens is 270 g/mol. The molecule has 0 fully saturated rings. The summed E-state index contributed by atoms with van der Waals surface area (Å²) in [4.78, 5) is 0. The molecule has 1 heterocycles. The molecule has 2 rings (SSSR count). The van der Waals surface area contributed by atoms with Crippen LogP contribution < -0.4 is 5.73 Å². The number of hydrogen-bond acceptors (Lipinski definition) is 4. The van der Waals surface area contributed by atoms with Gasteiger partial charge in [-0.1, -0.05) is 17.8 Å². The van der Waals surface area contributed by atoms with Gasteiger partial charge in [0.2, 0.25) is 0 Å². The highest BCUT2D eigenvalue weighted by Crippen LogP contribution is 2.22. The van der Waals surface area contributed by atoms with Gasteiger partial charge in [-0.05, 0) is 24.6 Å². The summed E-state index contributed by atoms with van der Waals surface area (Å²) >= 11 is 1.42. The Hall–Kier alpha value is -1.47. The molecule has 0 saturated heterocycles. The fourth-order valence-corrected chi connectivity index (χ4v) is 2.64. The molecule has 4 nitrogen and oxygen atoms in total. The van der Waals surface area contributed by atoms with Crippen molar-refractivity contribution in [2.75, 3.05) is 0 Å². The van der Waals surface area contributed by atoms with Gasteiger partial charge < -0.3 is 10.3 Å². The molecule has 1 aromatic heterocycles. The first kappa shape index (κ1) is 14.0. The largest absolute Gasteiger partial charge is 0.324 e. The van der Waals surface area contributed by atoms with Crippen LogP contribution in [0.1, 0.15) is 18.3 Å². The van der Waals surface area contributed by atoms with Gasteiger partial charge in [-0.3, -0.25) is 0 Å². The Labute approximate surface area is 114 Å². The molecule has 0 unspecified atom stereocenters. The highest BCUT2D eigenvalue weighted by molar-refractivity contribution is 7.98. The van der Waals surface area contributed by atoms with E-state index in [1.54, 1.807) is 6.07 Å². The summed E-state index contributed by atoms with van der Waals surface area (Å²) in [6.45, 7) is 3.02. The predicted octanol–water partition coefficient (Wildman–Crippen LogP) is 2.33. The van der Waals surface area contributed by atoms with Crippen molar-refractivity contribution >= 4 is 11.8 Å². The Balaban J connectivity index is 2.09. The third-order valence-corrected chi connectivity index (χ3v) is 3.68. The minimum Gasteiger partial charge on any atom is -0.324 e. The van der Waals surface area contributed by atoms with Gasteiger partial charge in [-0.25, -0.2) is 8.78 Å². The zero-order valence-electron chi connectivity index (χ0n) is 10.4. The summed E-state index contributed by atoms with van der Waals surface area (Å²) in [6.07, 6.45) is 0. The lowest BCUT2D eigenvalue weighted by Crippen LogP contribution is -2.08. The second-order valence-corrected chi connectivity index (χ2v) is 4.83. The van der Waals surface area contributed by atoms with E-state index in [1.807, 2.05) is 11.5 Å². The molecule has 7 heteroatoms. The van der Waals surface area contributed by atoms with Crippen LogP contribution in [0.25, 0.3) is 0 Å². The number of thioether (sulfide) groups is 1. The van der Waals surface area contributed by atoms with Crippen LogP contribution in [0.2, 0.25) is 0 Å². The number of rotatable bonds is 5. The zero-order valence-corrected chi connectivity index (χ0v) is 11.3. The van der Waals surface area contributed by atoms with Crippen molar-refractivity contribution in [3.05, 3.63) is 41.2 Å². The molecule has 0 spiro atoms. The maximum Gasteiger partial charge on any atom is 0.191 e. The van der Waals surface area contributed by atoms with E-state index in [2.05, 4.69) is 10.2 Å². The van der Waals surface area contributed by atoms with Crippen molar-refractivity contribution in [1.82, 2.24) is 14.8 Å². The third kappa shape index (κ3) is 3.10. The molecule has 2 aromatic rings. The first-order chi connectivity index (χ1) is 9.15. The Morgan fingerprint density at radius 3 is 2.68 bits per heavy atom. The summed E-state index contributed by atoms with van der Waals surface area (Å²) in [5.41, 5.74) is 6.26. The van der Waals surface area contributed by atoms with E-state index in [4.69, 9.17) is 5.73 Å². The molecule has 0 atom stereocenters. The van der Waals surface area contributed by atoms with E-state index in [0.29, 0.717) is 17.9 Å². The van der Waals surface area contributed by atoms with E-state index < -0.39 is 11.6 Å². The van der Waals surface area contributed by atoms with Crippen molar-refractivity contribution in [2.45, 2.75) is 30.9 Å². The number of aromatic nitrogens is 3. The molecule has 0 radical (unpaired) electrons. The van der Waals surface area contributed by atoms with Crippen LogP contribution in [0.5, 0.6) is 0 Å². The Morgan fingerprint density at radius 2 is 2.05 bits per heavy atom. The summed E-state index contributed by atoms with van der Waals surface area (Å²) < 4.78 is 27.8. The van der Waals surface area contributed by atoms with Crippen LogP contribution in [-0.2, 0) is 18.8 Å². The molecule has 0 aliphatic heterocycles. The highest BCUT2D eigenvalue weighted by atomic mass is 32.2. The second kappa shape index (κ2) is 6.12. The molecule has 2 N–H and O–H groups in total. The van der Waals surface area contributed by atoms with Gasteiger partial charge >= 0.3 is 0 Å². The van der Waals surface area contributed by atoms with Crippen molar-refractivity contribution in [2.24, 2.45) is 5.73 Å². The lowest BCUT2D eigenvalue weighted by molar-refractivity contribution is 0.507. The zero-order chi connectivity index (χ0) is 13.8. The van der Waals surface area contributed by atoms with Crippen LogP contribution in [0.3, 0.4) is 0 Å². The second-order valence-electron chi connectivity index (χ2n) is 3.88. The number of hydrogen-bond donors (Lipinski definition) is 1. The SMILES string of the molecule is CCn1c(CN)nnc1SCc1ccc(F)c(F)c1. The Kier molecular flexibility index (Phi) is 4.49. The van der Waals surface area contributed by atoms with Gasteiger partial charge in [0, 0.05) is 12.3 Å². The standard InChI is InChI=1S/C12H14F2N4S/c1-2-18-11(6-15)16-17-12(18)19-7-8-3-4-9(13)10(14)5-8/h3-5H,2,6-7,15H2,1H3. The minimum atomic E-state index is -0.837. The van der Waals surface area contributed by atoms with Crippen LogP contribution in [0.4, 0.5) is 8.78 Å². The molecule has 0 amide bonds. The van der Waals surface area contributed by atoms with Crippen molar-refractivity contribution in [3.63, 3.8) is 0 Å². The normalized spacial score (nSPS) is 10.9. The number of nitrogens with zero attached hydrogens (tertiary/aromatic N) is 3. The summed E-state index contributed by atoms with van der Waals surface area (Å²) in [7, 11) is 0. The lowest BCUT2D eigenvalue weighted by Gasteiger charge is -2.06. The molecule has 19 heavy (non-hydrogen) atoms. The van der Waals surface area contributed by atoms with Gasteiger partial charge in [0.05, 0.1) is 6.54 Å². The van der Waals surface area contributed by atoms with Gasteiger partial charge in [0.25, 0.3) is 0 Å². The smallest absolute Gasteiger partial charge is 0.191 e. The maximum atomic E-state index is 13.1. The average Bonchev–Trinajstić information content (AvgIpc) is 2.82. The third-order valence-electron chi connectivity index (χ3n) is 2.64. The molecule has 1 aromatic carbocycles. The van der Waals surface area contributed by atoms with Gasteiger partial charge in [-0.15, -0.1) is 10.2 Å². The molecule has 0 aliphatic carbocycles. The van der Waals surface area contributed by atoms with Crippen LogP contribution in [0, 0.1) is 11.6 Å². The van der Waals surface area contributed by atoms with Gasteiger partial charge in [0.15, 0.2) is 16.8 Å². The fraction of sp³-hybridized carbons (Fsp3) is 0.333. The number of benzene rings is 1. The van der Waals surface area contributed by atoms with Crippen LogP contribution in [-0.4, -0.2) is 14.8 Å². The van der Waals surface area contributed by atoms with Crippen LogP contribution in [0.15, 0.2) is 23.4 Å². The van der Waals surface area contributed by atoms with E-state index >= 15 is 0 Å². The van der Waals surface area contributed by atoms with E-state index in [1.165, 1.54) is 17.8 Å². The lowest BCUT2D eigenvalue weighted by atomic mass is 10.2. The first-order valence-corrected chi connectivity index (χ1v) is 6.83. The maximum absolute atomic E-state index is 13.1. The van der Waals surface area contributed by atoms with E-state index in [9.17, 15) is 8.78 Å². The number of halogens is 2. The van der Waals surface area contributed by atoms with Crippen LogP contribution >= 0.6 is 11.8 Å². The molecule has 0 aliphatic rings. The monoisotopic (exact) mass is 284 g/mol.